The first-order valence-corrected chi connectivity index (χ1v) is 11.3. The molecule has 0 fully saturated rings. The highest BCUT2D eigenvalue weighted by Gasteiger charge is 2.12. The molecule has 11 heteroatoms. The summed E-state index contributed by atoms with van der Waals surface area (Å²) < 4.78 is 10.6. The van der Waals surface area contributed by atoms with E-state index in [4.69, 9.17) is 32.7 Å². The molecule has 0 saturated heterocycles. The smallest absolute Gasteiger partial charge is 0.329 e. The average Bonchev–Trinajstić information content (AvgIpc) is 2.89. The molecule has 36 heavy (non-hydrogen) atoms. The van der Waals surface area contributed by atoms with Crippen LogP contribution in [0.25, 0.3) is 0 Å². The summed E-state index contributed by atoms with van der Waals surface area (Å²) in [6.07, 6.45) is 1.34. The number of ether oxygens (including phenoxy) is 2. The second-order valence-electron chi connectivity index (χ2n) is 7.24. The van der Waals surface area contributed by atoms with Crippen LogP contribution in [0.1, 0.15) is 11.1 Å². The Morgan fingerprint density at radius 3 is 2.44 bits per heavy atom. The largest absolute Gasteiger partial charge is 0.497 e. The van der Waals surface area contributed by atoms with Gasteiger partial charge in [0.1, 0.15) is 11.5 Å². The Morgan fingerprint density at radius 2 is 1.69 bits per heavy atom. The van der Waals surface area contributed by atoms with Gasteiger partial charge < -0.3 is 20.1 Å². The summed E-state index contributed by atoms with van der Waals surface area (Å²) in [4.78, 5) is 36.1. The summed E-state index contributed by atoms with van der Waals surface area (Å²) in [5.41, 5.74) is 3.92. The number of nitrogens with one attached hydrogen (secondary N) is 3. The van der Waals surface area contributed by atoms with Gasteiger partial charge in [0, 0.05) is 6.54 Å². The van der Waals surface area contributed by atoms with Crippen LogP contribution >= 0.6 is 23.2 Å². The lowest BCUT2D eigenvalue weighted by Crippen LogP contribution is -2.37. The van der Waals surface area contributed by atoms with Crippen molar-refractivity contribution in [2.75, 3.05) is 19.0 Å². The SMILES string of the molecule is COc1ccc(CNC(=O)C(=O)N/N=C\c2cccc(OCC(=O)Nc3cccc(Cl)c3Cl)c2)cc1. The number of carbonyl (C=O) groups excluding carboxylic acids is 3. The minimum atomic E-state index is -0.913. The molecule has 0 atom stereocenters. The number of rotatable bonds is 9. The predicted molar refractivity (Wildman–Crippen MR) is 138 cm³/mol. The van der Waals surface area contributed by atoms with Crippen LogP contribution in [0.4, 0.5) is 5.69 Å². The molecule has 3 aromatic carbocycles. The fourth-order valence-electron chi connectivity index (χ4n) is 2.84. The zero-order chi connectivity index (χ0) is 25.9. The average molecular weight is 529 g/mol. The van der Waals surface area contributed by atoms with Crippen molar-refractivity contribution in [2.24, 2.45) is 5.10 Å². The number of nitrogens with zero attached hydrogens (tertiary/aromatic N) is 1. The summed E-state index contributed by atoms with van der Waals surface area (Å²) >= 11 is 12.0. The topological polar surface area (TPSA) is 118 Å². The Balaban J connectivity index is 1.45. The molecule has 0 aliphatic heterocycles. The van der Waals surface area contributed by atoms with Gasteiger partial charge in [0.2, 0.25) is 0 Å². The summed E-state index contributed by atoms with van der Waals surface area (Å²) in [6, 6.07) is 18.6. The lowest BCUT2D eigenvalue weighted by atomic mass is 10.2. The Kier molecular flexibility index (Phi) is 9.67. The van der Waals surface area contributed by atoms with E-state index in [-0.39, 0.29) is 18.2 Å². The zero-order valence-electron chi connectivity index (χ0n) is 19.1. The minimum Gasteiger partial charge on any atom is -0.497 e. The highest BCUT2D eigenvalue weighted by atomic mass is 35.5. The highest BCUT2D eigenvalue weighted by molar-refractivity contribution is 6.44. The molecule has 3 N–H and O–H groups in total. The number of benzene rings is 3. The van der Waals surface area contributed by atoms with Crippen LogP contribution in [0.2, 0.25) is 10.0 Å². The summed E-state index contributed by atoms with van der Waals surface area (Å²) in [5.74, 6) is -1.08. The molecule has 0 aliphatic rings. The van der Waals surface area contributed by atoms with Gasteiger partial charge in [-0.3, -0.25) is 14.4 Å². The highest BCUT2D eigenvalue weighted by Crippen LogP contribution is 2.29. The van der Waals surface area contributed by atoms with Gasteiger partial charge in [-0.05, 0) is 47.5 Å². The van der Waals surface area contributed by atoms with E-state index >= 15 is 0 Å². The van der Waals surface area contributed by atoms with Crippen molar-refractivity contribution in [1.29, 1.82) is 0 Å². The van der Waals surface area contributed by atoms with Crippen molar-refractivity contribution >= 4 is 52.8 Å². The molecule has 186 valence electrons. The van der Waals surface area contributed by atoms with Crippen LogP contribution in [-0.4, -0.2) is 37.7 Å². The van der Waals surface area contributed by atoms with Gasteiger partial charge in [-0.15, -0.1) is 0 Å². The summed E-state index contributed by atoms with van der Waals surface area (Å²) in [6.45, 7) is -0.0923. The van der Waals surface area contributed by atoms with Crippen molar-refractivity contribution in [3.63, 3.8) is 0 Å². The summed E-state index contributed by atoms with van der Waals surface area (Å²) in [7, 11) is 1.56. The summed E-state index contributed by atoms with van der Waals surface area (Å²) in [5, 5.41) is 9.48. The number of methoxy groups -OCH3 is 1. The molecule has 0 radical (unpaired) electrons. The molecule has 0 spiro atoms. The van der Waals surface area contributed by atoms with E-state index in [2.05, 4.69) is 21.2 Å². The van der Waals surface area contributed by atoms with Crippen LogP contribution in [0.5, 0.6) is 11.5 Å². The van der Waals surface area contributed by atoms with Crippen molar-refractivity contribution < 1.29 is 23.9 Å². The lowest BCUT2D eigenvalue weighted by molar-refractivity contribution is -0.139. The maximum absolute atomic E-state index is 12.2. The van der Waals surface area contributed by atoms with Crippen LogP contribution in [0.15, 0.2) is 71.8 Å². The maximum atomic E-state index is 12.2. The third-order valence-electron chi connectivity index (χ3n) is 4.65. The first-order chi connectivity index (χ1) is 17.4. The van der Waals surface area contributed by atoms with Crippen LogP contribution in [-0.2, 0) is 20.9 Å². The van der Waals surface area contributed by atoms with Gasteiger partial charge >= 0.3 is 11.8 Å². The second-order valence-corrected chi connectivity index (χ2v) is 8.03. The Morgan fingerprint density at radius 1 is 0.944 bits per heavy atom. The zero-order valence-corrected chi connectivity index (χ0v) is 20.6. The van der Waals surface area contributed by atoms with Gasteiger partial charge in [0.25, 0.3) is 5.91 Å². The van der Waals surface area contributed by atoms with E-state index in [1.54, 1.807) is 73.8 Å². The Hall–Kier alpha value is -4.08. The second kappa shape index (κ2) is 13.1. The molecule has 0 bridgehead atoms. The molecule has 0 saturated carbocycles. The molecule has 0 heterocycles. The normalized spacial score (nSPS) is 10.5. The molecule has 3 amide bonds. The molecule has 3 aromatic rings. The molecule has 0 aromatic heterocycles. The van der Waals surface area contributed by atoms with Gasteiger partial charge in [-0.25, -0.2) is 5.43 Å². The van der Waals surface area contributed by atoms with Gasteiger partial charge in [0.05, 0.1) is 29.1 Å². The van der Waals surface area contributed by atoms with E-state index in [1.807, 2.05) is 0 Å². The van der Waals surface area contributed by atoms with E-state index in [0.717, 1.165) is 5.56 Å². The lowest BCUT2D eigenvalue weighted by Gasteiger charge is -2.09. The van der Waals surface area contributed by atoms with Crippen LogP contribution in [0.3, 0.4) is 0 Å². The minimum absolute atomic E-state index is 0.177. The first kappa shape index (κ1) is 26.5. The van der Waals surface area contributed by atoms with Crippen molar-refractivity contribution in [3.05, 3.63) is 87.9 Å². The van der Waals surface area contributed by atoms with E-state index in [0.29, 0.717) is 27.8 Å². The van der Waals surface area contributed by atoms with E-state index in [9.17, 15) is 14.4 Å². The molecule has 0 unspecified atom stereocenters. The predicted octanol–water partition coefficient (Wildman–Crippen LogP) is 3.79. The monoisotopic (exact) mass is 528 g/mol. The fraction of sp³-hybridized carbons (Fsp3) is 0.120. The standard InChI is InChI=1S/C25H22Cl2N4O5/c1-35-18-10-8-16(9-11-18)13-28-24(33)25(34)31-29-14-17-4-2-5-19(12-17)36-15-22(32)30-21-7-3-6-20(26)23(21)27/h2-12,14H,13,15H2,1H3,(H,28,33)(H,30,32)(H,31,34)/b29-14-. The van der Waals surface area contributed by atoms with Crippen molar-refractivity contribution in [2.45, 2.75) is 6.54 Å². The van der Waals surface area contributed by atoms with E-state index < -0.39 is 17.7 Å². The molecular weight excluding hydrogens is 507 g/mol. The van der Waals surface area contributed by atoms with Crippen LogP contribution < -0.4 is 25.5 Å². The first-order valence-electron chi connectivity index (χ1n) is 10.6. The fourth-order valence-corrected chi connectivity index (χ4v) is 3.19. The number of hydrogen-bond donors (Lipinski definition) is 3. The van der Waals surface area contributed by atoms with Gasteiger partial charge in [-0.2, -0.15) is 5.10 Å². The third kappa shape index (κ3) is 8.00. The number of carbonyl (C=O) groups is 3. The number of amides is 3. The number of hydrazone groups is 1. The van der Waals surface area contributed by atoms with Gasteiger partial charge in [0.15, 0.2) is 6.61 Å². The maximum Gasteiger partial charge on any atom is 0.329 e. The third-order valence-corrected chi connectivity index (χ3v) is 5.47. The Bertz CT molecular complexity index is 1270. The quantitative estimate of drug-likeness (QED) is 0.222. The number of anilines is 1. The molecule has 0 aliphatic carbocycles. The van der Waals surface area contributed by atoms with Crippen molar-refractivity contribution in [3.8, 4) is 11.5 Å². The number of hydrogen-bond acceptors (Lipinski definition) is 6. The van der Waals surface area contributed by atoms with E-state index in [1.165, 1.54) is 6.21 Å². The number of halogens is 2. The van der Waals surface area contributed by atoms with Crippen LogP contribution in [0, 0.1) is 0 Å². The molecular formula is C25H22Cl2N4O5. The molecule has 9 nitrogen and oxygen atoms in total. The Labute approximate surface area is 217 Å². The molecule has 3 rings (SSSR count). The van der Waals surface area contributed by atoms with Crippen molar-refractivity contribution in [1.82, 2.24) is 10.7 Å². The van der Waals surface area contributed by atoms with Gasteiger partial charge in [-0.1, -0.05) is 53.5 Å².